The molecule has 2 heteroatoms. The van der Waals surface area contributed by atoms with Crippen molar-refractivity contribution in [3.8, 4) is 0 Å². The van der Waals surface area contributed by atoms with Gasteiger partial charge in [-0.15, -0.1) is 0 Å². The molecule has 1 aromatic carbocycles. The van der Waals surface area contributed by atoms with Gasteiger partial charge < -0.3 is 9.84 Å². The van der Waals surface area contributed by atoms with Gasteiger partial charge in [-0.2, -0.15) is 0 Å². The van der Waals surface area contributed by atoms with Gasteiger partial charge in [-0.1, -0.05) is 30.3 Å². The second-order valence-electron chi connectivity index (χ2n) is 3.56. The predicted octanol–water partition coefficient (Wildman–Crippen LogP) is 3.33. The summed E-state index contributed by atoms with van der Waals surface area (Å²) < 4.78 is 5.61. The third-order valence-corrected chi connectivity index (χ3v) is 2.54. The summed E-state index contributed by atoms with van der Waals surface area (Å²) in [5.74, 6) is 1.04. The zero-order chi connectivity index (χ0) is 9.97. The number of aliphatic hydroxyl groups excluding tert-OH is 1. The summed E-state index contributed by atoms with van der Waals surface area (Å²) in [5, 5.41) is 9.40. The van der Waals surface area contributed by atoms with Gasteiger partial charge in [-0.05, 0) is 18.9 Å². The van der Waals surface area contributed by atoms with E-state index in [-0.39, 0.29) is 6.10 Å². The summed E-state index contributed by atoms with van der Waals surface area (Å²) in [6, 6.07) is 10.1. The lowest BCUT2D eigenvalue weighted by molar-refractivity contribution is 0.0729. The molecule has 0 saturated heterocycles. The Morgan fingerprint density at radius 2 is 2.00 bits per heavy atom. The molecular weight excluding hydrogens is 176 g/mol. The molecule has 1 aliphatic heterocycles. The minimum Gasteiger partial charge on any atom is -0.509 e. The van der Waals surface area contributed by atoms with Gasteiger partial charge in [-0.25, -0.2) is 0 Å². The smallest absolute Gasteiger partial charge is 0.131 e. The highest BCUT2D eigenvalue weighted by atomic mass is 16.5. The van der Waals surface area contributed by atoms with Crippen LogP contribution in [-0.4, -0.2) is 5.11 Å². The lowest BCUT2D eigenvalue weighted by atomic mass is 10.0. The number of rotatable bonds is 1. The molecule has 0 saturated carbocycles. The first-order valence-corrected chi connectivity index (χ1v) is 4.87. The molecule has 2 nitrogen and oxygen atoms in total. The van der Waals surface area contributed by atoms with E-state index in [1.807, 2.05) is 25.1 Å². The first kappa shape index (κ1) is 9.13. The molecule has 1 N–H and O–H groups in total. The Kier molecular flexibility index (Phi) is 2.44. The van der Waals surface area contributed by atoms with E-state index in [2.05, 4.69) is 12.1 Å². The van der Waals surface area contributed by atoms with Gasteiger partial charge in [-0.3, -0.25) is 0 Å². The Balaban J connectivity index is 2.17. The van der Waals surface area contributed by atoms with E-state index < -0.39 is 0 Å². The summed E-state index contributed by atoms with van der Waals surface area (Å²) in [7, 11) is 0. The maximum absolute atomic E-state index is 9.40. The Labute approximate surface area is 83.8 Å². The Morgan fingerprint density at radius 3 is 2.64 bits per heavy atom. The number of hydrogen-bond donors (Lipinski definition) is 1. The van der Waals surface area contributed by atoms with Crippen molar-refractivity contribution >= 4 is 0 Å². The average molecular weight is 190 g/mol. The standard InChI is InChI=1S/C12H14O2/c1-9-11(13)7-8-12(14-9)10-5-3-2-4-6-10/h2-6,12-13H,7-8H2,1H3/t12-/m0/s1. The molecule has 1 atom stereocenters. The lowest BCUT2D eigenvalue weighted by Crippen LogP contribution is -2.10. The molecule has 14 heavy (non-hydrogen) atoms. The monoisotopic (exact) mass is 190 g/mol. The quantitative estimate of drug-likeness (QED) is 0.736. The molecule has 0 spiro atoms. The molecule has 0 aliphatic carbocycles. The maximum Gasteiger partial charge on any atom is 0.131 e. The van der Waals surface area contributed by atoms with Crippen molar-refractivity contribution in [2.75, 3.05) is 0 Å². The third-order valence-electron chi connectivity index (χ3n) is 2.54. The second kappa shape index (κ2) is 3.74. The highest BCUT2D eigenvalue weighted by molar-refractivity contribution is 5.19. The van der Waals surface area contributed by atoms with E-state index in [4.69, 9.17) is 4.74 Å². The van der Waals surface area contributed by atoms with E-state index in [9.17, 15) is 5.11 Å². The number of hydrogen-bond acceptors (Lipinski definition) is 2. The van der Waals surface area contributed by atoms with Gasteiger partial charge in [0.15, 0.2) is 0 Å². The van der Waals surface area contributed by atoms with Crippen LogP contribution in [-0.2, 0) is 4.74 Å². The van der Waals surface area contributed by atoms with Gasteiger partial charge in [0, 0.05) is 6.42 Å². The Morgan fingerprint density at radius 1 is 1.29 bits per heavy atom. The normalized spacial score (nSPS) is 21.9. The molecule has 0 aromatic heterocycles. The fraction of sp³-hybridized carbons (Fsp3) is 0.333. The van der Waals surface area contributed by atoms with Crippen molar-refractivity contribution in [2.24, 2.45) is 0 Å². The zero-order valence-electron chi connectivity index (χ0n) is 8.23. The van der Waals surface area contributed by atoms with E-state index in [1.165, 1.54) is 5.56 Å². The van der Waals surface area contributed by atoms with Gasteiger partial charge in [0.1, 0.15) is 17.6 Å². The van der Waals surface area contributed by atoms with Crippen LogP contribution >= 0.6 is 0 Å². The minimum absolute atomic E-state index is 0.104. The van der Waals surface area contributed by atoms with Crippen LogP contribution in [0.3, 0.4) is 0 Å². The van der Waals surface area contributed by atoms with Crippen molar-refractivity contribution in [3.05, 3.63) is 47.4 Å². The van der Waals surface area contributed by atoms with Crippen molar-refractivity contribution < 1.29 is 9.84 Å². The fourth-order valence-electron chi connectivity index (χ4n) is 1.69. The topological polar surface area (TPSA) is 29.5 Å². The van der Waals surface area contributed by atoms with E-state index >= 15 is 0 Å². The number of benzene rings is 1. The summed E-state index contributed by atoms with van der Waals surface area (Å²) in [6.45, 7) is 1.81. The van der Waals surface area contributed by atoms with Crippen molar-refractivity contribution in [2.45, 2.75) is 25.9 Å². The largest absolute Gasteiger partial charge is 0.509 e. The van der Waals surface area contributed by atoms with Crippen LogP contribution in [0.25, 0.3) is 0 Å². The van der Waals surface area contributed by atoms with Gasteiger partial charge in [0.2, 0.25) is 0 Å². The van der Waals surface area contributed by atoms with Gasteiger partial charge in [0.25, 0.3) is 0 Å². The summed E-state index contributed by atoms with van der Waals surface area (Å²) in [4.78, 5) is 0. The van der Waals surface area contributed by atoms with Crippen molar-refractivity contribution in [3.63, 3.8) is 0 Å². The van der Waals surface area contributed by atoms with Crippen LogP contribution < -0.4 is 0 Å². The molecule has 0 radical (unpaired) electrons. The van der Waals surface area contributed by atoms with E-state index in [0.29, 0.717) is 17.9 Å². The highest BCUT2D eigenvalue weighted by Gasteiger charge is 2.20. The molecule has 1 aliphatic rings. The molecular formula is C12H14O2. The SMILES string of the molecule is CC1=C(O)CC[C@@H](c2ccccc2)O1. The minimum atomic E-state index is 0.104. The molecule has 1 heterocycles. The van der Waals surface area contributed by atoms with E-state index in [0.717, 1.165) is 6.42 Å². The molecule has 0 unspecified atom stereocenters. The Bertz CT molecular complexity index is 341. The first-order valence-electron chi connectivity index (χ1n) is 4.87. The van der Waals surface area contributed by atoms with Crippen LogP contribution in [0.5, 0.6) is 0 Å². The zero-order valence-corrected chi connectivity index (χ0v) is 8.23. The molecule has 2 rings (SSSR count). The van der Waals surface area contributed by atoms with Crippen LogP contribution in [0.1, 0.15) is 31.4 Å². The third kappa shape index (κ3) is 1.74. The number of allylic oxidation sites excluding steroid dienone is 2. The van der Waals surface area contributed by atoms with Gasteiger partial charge in [0.05, 0.1) is 0 Å². The van der Waals surface area contributed by atoms with E-state index in [1.54, 1.807) is 0 Å². The fourth-order valence-corrected chi connectivity index (χ4v) is 1.69. The van der Waals surface area contributed by atoms with Crippen LogP contribution in [0.4, 0.5) is 0 Å². The Hall–Kier alpha value is -1.44. The van der Waals surface area contributed by atoms with Crippen molar-refractivity contribution in [1.29, 1.82) is 0 Å². The predicted molar refractivity (Wildman–Crippen MR) is 54.8 cm³/mol. The second-order valence-corrected chi connectivity index (χ2v) is 3.56. The maximum atomic E-state index is 9.40. The molecule has 0 fully saturated rings. The summed E-state index contributed by atoms with van der Waals surface area (Å²) >= 11 is 0. The average Bonchev–Trinajstić information content (AvgIpc) is 2.23. The highest BCUT2D eigenvalue weighted by Crippen LogP contribution is 2.32. The summed E-state index contributed by atoms with van der Waals surface area (Å²) in [6.07, 6.45) is 1.67. The van der Waals surface area contributed by atoms with Crippen LogP contribution in [0.15, 0.2) is 41.9 Å². The first-order chi connectivity index (χ1) is 6.77. The molecule has 0 bridgehead atoms. The summed E-state index contributed by atoms with van der Waals surface area (Å²) in [5.41, 5.74) is 1.18. The number of ether oxygens (including phenoxy) is 1. The van der Waals surface area contributed by atoms with Gasteiger partial charge >= 0.3 is 0 Å². The lowest BCUT2D eigenvalue weighted by Gasteiger charge is -2.24. The molecule has 74 valence electrons. The van der Waals surface area contributed by atoms with Crippen molar-refractivity contribution in [1.82, 2.24) is 0 Å². The van der Waals surface area contributed by atoms with Crippen LogP contribution in [0.2, 0.25) is 0 Å². The molecule has 1 aromatic rings. The van der Waals surface area contributed by atoms with Crippen LogP contribution in [0, 0.1) is 0 Å². The number of aliphatic hydroxyl groups is 1. The molecule has 0 amide bonds.